The molecule has 0 aromatic heterocycles. The van der Waals surface area contributed by atoms with Gasteiger partial charge in [0, 0.05) is 25.6 Å². The molecule has 0 saturated carbocycles. The van der Waals surface area contributed by atoms with E-state index in [-0.39, 0.29) is 30.4 Å². The van der Waals surface area contributed by atoms with E-state index in [0.717, 1.165) is 0 Å². The van der Waals surface area contributed by atoms with Crippen LogP contribution < -0.4 is 15.8 Å². The molecule has 1 amide bonds. The van der Waals surface area contributed by atoms with Crippen LogP contribution in [0.5, 0.6) is 0 Å². The molecule has 0 heterocycles. The molecule has 0 aliphatic rings. The highest BCUT2D eigenvalue weighted by Gasteiger charge is 2.12. The normalized spacial score (nSPS) is 10.5. The second-order valence-electron chi connectivity index (χ2n) is 3.91. The van der Waals surface area contributed by atoms with E-state index in [0.29, 0.717) is 5.56 Å². The van der Waals surface area contributed by atoms with Gasteiger partial charge in [0.15, 0.2) is 0 Å². The van der Waals surface area contributed by atoms with Gasteiger partial charge in [0.1, 0.15) is 0 Å². The fourth-order valence-corrected chi connectivity index (χ4v) is 2.41. The molecule has 0 fully saturated rings. The van der Waals surface area contributed by atoms with Gasteiger partial charge in [-0.3, -0.25) is 4.79 Å². The predicted molar refractivity (Wildman–Crippen MR) is 76.2 cm³/mol. The fraction of sp³-hybridized carbons (Fsp3) is 0.308. The Kier molecular flexibility index (Phi) is 6.18. The lowest BCUT2D eigenvalue weighted by atomic mass is 10.2. The van der Waals surface area contributed by atoms with Crippen molar-refractivity contribution < 1.29 is 13.2 Å². The molecule has 0 unspecified atom stereocenters. The number of hydrogen-bond acceptors (Lipinski definition) is 4. The van der Waals surface area contributed by atoms with Gasteiger partial charge in [-0.2, -0.15) is 0 Å². The average molecular weight is 295 g/mol. The molecule has 0 spiro atoms. The van der Waals surface area contributed by atoms with Crippen LogP contribution in [0.3, 0.4) is 0 Å². The highest BCUT2D eigenvalue weighted by atomic mass is 32.2. The number of amides is 1. The minimum Gasteiger partial charge on any atom is -0.355 e. The molecule has 0 aliphatic carbocycles. The topological polar surface area (TPSA) is 101 Å². The molecular weight excluding hydrogens is 278 g/mol. The van der Waals surface area contributed by atoms with Crippen molar-refractivity contribution in [1.29, 1.82) is 0 Å². The smallest absolute Gasteiger partial charge is 0.240 e. The van der Waals surface area contributed by atoms with E-state index in [1.54, 1.807) is 12.1 Å². The van der Waals surface area contributed by atoms with Gasteiger partial charge < -0.3 is 11.1 Å². The zero-order valence-corrected chi connectivity index (χ0v) is 12.0. The summed E-state index contributed by atoms with van der Waals surface area (Å²) in [7, 11) is -3.57. The molecule has 108 valence electrons. The SMILES string of the molecule is CC(=O)NCCNS(=O)(=O)c1ccc(C#CCN)cc1. The van der Waals surface area contributed by atoms with E-state index >= 15 is 0 Å². The molecule has 0 radical (unpaired) electrons. The summed E-state index contributed by atoms with van der Waals surface area (Å²) >= 11 is 0. The van der Waals surface area contributed by atoms with Crippen molar-refractivity contribution in [2.24, 2.45) is 5.73 Å². The van der Waals surface area contributed by atoms with Gasteiger partial charge >= 0.3 is 0 Å². The molecule has 0 saturated heterocycles. The Labute approximate surface area is 118 Å². The van der Waals surface area contributed by atoms with E-state index in [9.17, 15) is 13.2 Å². The maximum Gasteiger partial charge on any atom is 0.240 e. The van der Waals surface area contributed by atoms with Crippen LogP contribution >= 0.6 is 0 Å². The summed E-state index contributed by atoms with van der Waals surface area (Å²) in [6.07, 6.45) is 0. The average Bonchev–Trinajstić information content (AvgIpc) is 2.42. The maximum absolute atomic E-state index is 11.9. The first kappa shape index (κ1) is 16.2. The Morgan fingerprint density at radius 3 is 2.45 bits per heavy atom. The summed E-state index contributed by atoms with van der Waals surface area (Å²) in [6, 6.07) is 6.18. The first-order valence-electron chi connectivity index (χ1n) is 5.99. The van der Waals surface area contributed by atoms with E-state index in [1.807, 2.05) is 0 Å². The number of nitrogens with one attached hydrogen (secondary N) is 2. The van der Waals surface area contributed by atoms with Crippen LogP contribution in [0, 0.1) is 11.8 Å². The first-order chi connectivity index (χ1) is 9.45. The van der Waals surface area contributed by atoms with Crippen LogP contribution in [0.4, 0.5) is 0 Å². The second kappa shape index (κ2) is 7.65. The minimum absolute atomic E-state index is 0.136. The number of hydrogen-bond donors (Lipinski definition) is 3. The van der Waals surface area contributed by atoms with Gasteiger partial charge in [0.25, 0.3) is 0 Å². The molecule has 1 aromatic carbocycles. The zero-order chi connectivity index (χ0) is 15.0. The number of carbonyl (C=O) groups excluding carboxylic acids is 1. The minimum atomic E-state index is -3.57. The van der Waals surface area contributed by atoms with Crippen molar-refractivity contribution >= 4 is 15.9 Å². The molecule has 7 heteroatoms. The third-order valence-corrected chi connectivity index (χ3v) is 3.77. The van der Waals surface area contributed by atoms with Crippen molar-refractivity contribution in [2.75, 3.05) is 19.6 Å². The van der Waals surface area contributed by atoms with E-state index in [1.165, 1.54) is 19.1 Å². The Hall–Kier alpha value is -1.88. The van der Waals surface area contributed by atoms with Gasteiger partial charge in [-0.05, 0) is 24.3 Å². The fourth-order valence-electron chi connectivity index (χ4n) is 1.38. The molecule has 0 aliphatic heterocycles. The van der Waals surface area contributed by atoms with Crippen molar-refractivity contribution in [3.63, 3.8) is 0 Å². The summed E-state index contributed by atoms with van der Waals surface area (Å²) in [5.74, 6) is 5.30. The van der Waals surface area contributed by atoms with Crippen LogP contribution in [0.25, 0.3) is 0 Å². The zero-order valence-electron chi connectivity index (χ0n) is 11.1. The molecule has 20 heavy (non-hydrogen) atoms. The monoisotopic (exact) mass is 295 g/mol. The number of sulfonamides is 1. The molecule has 4 N–H and O–H groups in total. The van der Waals surface area contributed by atoms with Gasteiger partial charge in [-0.25, -0.2) is 13.1 Å². The van der Waals surface area contributed by atoms with Gasteiger partial charge in [-0.1, -0.05) is 11.8 Å². The number of carbonyl (C=O) groups is 1. The molecule has 1 aromatic rings. The van der Waals surface area contributed by atoms with E-state index < -0.39 is 10.0 Å². The summed E-state index contributed by atoms with van der Waals surface area (Å²) in [5.41, 5.74) is 5.96. The van der Waals surface area contributed by atoms with Gasteiger partial charge in [-0.15, -0.1) is 0 Å². The molecular formula is C13H17N3O3S. The Morgan fingerprint density at radius 2 is 1.90 bits per heavy atom. The van der Waals surface area contributed by atoms with Crippen LogP contribution in [-0.2, 0) is 14.8 Å². The summed E-state index contributed by atoms with van der Waals surface area (Å²) < 4.78 is 26.2. The van der Waals surface area contributed by atoms with Crippen LogP contribution in [0.15, 0.2) is 29.2 Å². The predicted octanol–water partition coefficient (Wildman–Crippen LogP) is -0.589. The quantitative estimate of drug-likeness (QED) is 0.499. The molecule has 0 bridgehead atoms. The lowest BCUT2D eigenvalue weighted by Gasteiger charge is -2.07. The van der Waals surface area contributed by atoms with Crippen molar-refractivity contribution in [3.8, 4) is 11.8 Å². The van der Waals surface area contributed by atoms with Crippen LogP contribution in [0.2, 0.25) is 0 Å². The van der Waals surface area contributed by atoms with Crippen molar-refractivity contribution in [1.82, 2.24) is 10.0 Å². The van der Waals surface area contributed by atoms with Gasteiger partial charge in [0.2, 0.25) is 15.9 Å². The number of nitrogens with two attached hydrogens (primary N) is 1. The number of rotatable bonds is 5. The Morgan fingerprint density at radius 1 is 1.25 bits per heavy atom. The largest absolute Gasteiger partial charge is 0.355 e. The first-order valence-corrected chi connectivity index (χ1v) is 7.47. The lowest BCUT2D eigenvalue weighted by molar-refractivity contribution is -0.118. The van der Waals surface area contributed by atoms with E-state index in [4.69, 9.17) is 5.73 Å². The summed E-state index contributed by atoms with van der Waals surface area (Å²) in [6.45, 7) is 2.01. The summed E-state index contributed by atoms with van der Waals surface area (Å²) in [4.78, 5) is 10.8. The Balaban J connectivity index is 2.65. The lowest BCUT2D eigenvalue weighted by Crippen LogP contribution is -2.33. The third-order valence-electron chi connectivity index (χ3n) is 2.29. The van der Waals surface area contributed by atoms with E-state index in [2.05, 4.69) is 21.9 Å². The van der Waals surface area contributed by atoms with Crippen molar-refractivity contribution in [3.05, 3.63) is 29.8 Å². The third kappa shape index (κ3) is 5.40. The molecule has 1 rings (SSSR count). The highest BCUT2D eigenvalue weighted by Crippen LogP contribution is 2.09. The Bertz CT molecular complexity index is 613. The van der Waals surface area contributed by atoms with Crippen LogP contribution in [0.1, 0.15) is 12.5 Å². The van der Waals surface area contributed by atoms with Crippen molar-refractivity contribution in [2.45, 2.75) is 11.8 Å². The summed E-state index contributed by atoms with van der Waals surface area (Å²) in [5, 5.41) is 2.51. The second-order valence-corrected chi connectivity index (χ2v) is 5.68. The van der Waals surface area contributed by atoms with Gasteiger partial charge in [0.05, 0.1) is 11.4 Å². The highest BCUT2D eigenvalue weighted by molar-refractivity contribution is 7.89. The standard InChI is InChI=1S/C13H17N3O3S/c1-11(17)15-9-10-16-20(18,19)13-6-4-12(5-7-13)3-2-8-14/h4-7,16H,8-10,14H2,1H3,(H,15,17). The van der Waals surface area contributed by atoms with Crippen LogP contribution in [-0.4, -0.2) is 34.0 Å². The maximum atomic E-state index is 11.9. The molecule has 6 nitrogen and oxygen atoms in total. The number of benzene rings is 1. The molecule has 0 atom stereocenters.